The van der Waals surface area contributed by atoms with Gasteiger partial charge >= 0.3 is 0 Å². The predicted molar refractivity (Wildman–Crippen MR) is 104 cm³/mol. The molecule has 0 aromatic heterocycles. The van der Waals surface area contributed by atoms with Crippen molar-refractivity contribution in [2.24, 2.45) is 0 Å². The van der Waals surface area contributed by atoms with Gasteiger partial charge in [0, 0.05) is 45.0 Å². The Bertz CT molecular complexity index is 799. The number of para-hydroxylation sites is 1. The quantitative estimate of drug-likeness (QED) is 0.900. The standard InChI is InChI=1S/C21H25N3O2/c1-4-24(14-15-9-11-16(12-10-15)23(2)3)21(26)18-13-20(25)22-19-8-6-5-7-17(18)19/h5-12,18H,4,13-14H2,1-3H3,(H,22,25). The molecule has 3 rings (SSSR count). The van der Waals surface area contributed by atoms with Crippen LogP contribution in [0.4, 0.5) is 11.4 Å². The minimum atomic E-state index is -0.416. The van der Waals surface area contributed by atoms with Gasteiger partial charge in [-0.3, -0.25) is 9.59 Å². The fourth-order valence-corrected chi connectivity index (χ4v) is 3.32. The third-order valence-corrected chi connectivity index (χ3v) is 4.82. The van der Waals surface area contributed by atoms with Crippen LogP contribution >= 0.6 is 0 Å². The van der Waals surface area contributed by atoms with E-state index in [1.807, 2.05) is 67.2 Å². The Hall–Kier alpha value is -2.82. The average Bonchev–Trinajstić information content (AvgIpc) is 2.65. The fourth-order valence-electron chi connectivity index (χ4n) is 3.32. The maximum Gasteiger partial charge on any atom is 0.231 e. The summed E-state index contributed by atoms with van der Waals surface area (Å²) in [5.74, 6) is -0.513. The molecule has 0 spiro atoms. The van der Waals surface area contributed by atoms with Gasteiger partial charge in [0.1, 0.15) is 0 Å². The van der Waals surface area contributed by atoms with Crippen LogP contribution in [0.25, 0.3) is 0 Å². The molecule has 0 bridgehead atoms. The van der Waals surface area contributed by atoms with Crippen LogP contribution in [0.3, 0.4) is 0 Å². The van der Waals surface area contributed by atoms with Gasteiger partial charge < -0.3 is 15.1 Å². The zero-order valence-electron chi connectivity index (χ0n) is 15.5. The van der Waals surface area contributed by atoms with Crippen molar-refractivity contribution in [2.75, 3.05) is 30.9 Å². The number of hydrogen-bond acceptors (Lipinski definition) is 3. The van der Waals surface area contributed by atoms with Crippen LogP contribution in [0, 0.1) is 0 Å². The summed E-state index contributed by atoms with van der Waals surface area (Å²) in [6.07, 6.45) is 0.200. The van der Waals surface area contributed by atoms with Crippen molar-refractivity contribution in [3.63, 3.8) is 0 Å². The molecule has 2 aromatic rings. The SMILES string of the molecule is CCN(Cc1ccc(N(C)C)cc1)C(=O)C1CC(=O)Nc2ccccc21. The topological polar surface area (TPSA) is 52.7 Å². The number of rotatable bonds is 5. The molecule has 1 heterocycles. The first-order valence-corrected chi connectivity index (χ1v) is 8.93. The molecule has 1 atom stereocenters. The number of nitrogens with zero attached hydrogens (tertiary/aromatic N) is 2. The molecule has 2 amide bonds. The normalized spacial score (nSPS) is 15.8. The van der Waals surface area contributed by atoms with Crippen molar-refractivity contribution >= 4 is 23.2 Å². The third-order valence-electron chi connectivity index (χ3n) is 4.82. The number of hydrogen-bond donors (Lipinski definition) is 1. The maximum absolute atomic E-state index is 13.2. The number of benzene rings is 2. The zero-order valence-corrected chi connectivity index (χ0v) is 15.5. The summed E-state index contributed by atoms with van der Waals surface area (Å²) in [6, 6.07) is 15.8. The van der Waals surface area contributed by atoms with Crippen LogP contribution in [0.2, 0.25) is 0 Å². The molecule has 0 fully saturated rings. The van der Waals surface area contributed by atoms with Crippen LogP contribution in [-0.2, 0) is 16.1 Å². The molecule has 0 aliphatic carbocycles. The number of nitrogens with one attached hydrogen (secondary N) is 1. The van der Waals surface area contributed by atoms with Crippen LogP contribution < -0.4 is 10.2 Å². The van der Waals surface area contributed by atoms with Crippen molar-refractivity contribution < 1.29 is 9.59 Å². The molecule has 0 saturated heterocycles. The molecule has 5 heteroatoms. The van der Waals surface area contributed by atoms with Crippen molar-refractivity contribution in [2.45, 2.75) is 25.8 Å². The molecule has 1 N–H and O–H groups in total. The first-order valence-electron chi connectivity index (χ1n) is 8.93. The second-order valence-corrected chi connectivity index (χ2v) is 6.81. The Morgan fingerprint density at radius 3 is 2.46 bits per heavy atom. The zero-order chi connectivity index (χ0) is 18.7. The van der Waals surface area contributed by atoms with E-state index in [0.717, 1.165) is 22.5 Å². The summed E-state index contributed by atoms with van der Waals surface area (Å²) in [7, 11) is 4.00. The summed E-state index contributed by atoms with van der Waals surface area (Å²) in [5, 5.41) is 2.85. The monoisotopic (exact) mass is 351 g/mol. The molecule has 2 aromatic carbocycles. The smallest absolute Gasteiger partial charge is 0.231 e. The van der Waals surface area contributed by atoms with E-state index in [9.17, 15) is 9.59 Å². The highest BCUT2D eigenvalue weighted by molar-refractivity contribution is 6.01. The molecule has 1 unspecified atom stereocenters. The predicted octanol–water partition coefficient (Wildman–Crippen LogP) is 3.23. The van der Waals surface area contributed by atoms with E-state index in [4.69, 9.17) is 0 Å². The molecule has 5 nitrogen and oxygen atoms in total. The van der Waals surface area contributed by atoms with Gasteiger partial charge in [0.25, 0.3) is 0 Å². The Balaban J connectivity index is 1.80. The lowest BCUT2D eigenvalue weighted by atomic mass is 9.89. The fraction of sp³-hybridized carbons (Fsp3) is 0.333. The Morgan fingerprint density at radius 2 is 1.81 bits per heavy atom. The molecule has 26 heavy (non-hydrogen) atoms. The van der Waals surface area contributed by atoms with E-state index in [1.54, 1.807) is 0 Å². The summed E-state index contributed by atoms with van der Waals surface area (Å²) in [6.45, 7) is 3.12. The van der Waals surface area contributed by atoms with Crippen LogP contribution in [0.1, 0.15) is 30.4 Å². The third kappa shape index (κ3) is 3.72. The Morgan fingerprint density at radius 1 is 1.12 bits per heavy atom. The summed E-state index contributed by atoms with van der Waals surface area (Å²) in [5.41, 5.74) is 3.85. The number of carbonyl (C=O) groups is 2. The van der Waals surface area contributed by atoms with E-state index in [-0.39, 0.29) is 18.2 Å². The number of amides is 2. The van der Waals surface area contributed by atoms with E-state index >= 15 is 0 Å². The minimum Gasteiger partial charge on any atom is -0.378 e. The van der Waals surface area contributed by atoms with Gasteiger partial charge in [-0.15, -0.1) is 0 Å². The first kappa shape index (κ1) is 18.0. The van der Waals surface area contributed by atoms with Gasteiger partial charge in [-0.2, -0.15) is 0 Å². The number of anilines is 2. The van der Waals surface area contributed by atoms with Crippen molar-refractivity contribution in [1.29, 1.82) is 0 Å². The lowest BCUT2D eigenvalue weighted by Gasteiger charge is -2.30. The van der Waals surface area contributed by atoms with E-state index in [2.05, 4.69) is 17.4 Å². The van der Waals surface area contributed by atoms with Crippen molar-refractivity contribution in [3.05, 3.63) is 59.7 Å². The number of carbonyl (C=O) groups excluding carboxylic acids is 2. The average molecular weight is 351 g/mol. The van der Waals surface area contributed by atoms with E-state index in [0.29, 0.717) is 13.1 Å². The highest BCUT2D eigenvalue weighted by Gasteiger charge is 2.32. The summed E-state index contributed by atoms with van der Waals surface area (Å²) >= 11 is 0. The molecule has 0 saturated carbocycles. The van der Waals surface area contributed by atoms with Gasteiger partial charge in [-0.25, -0.2) is 0 Å². The largest absolute Gasteiger partial charge is 0.378 e. The van der Waals surface area contributed by atoms with E-state index in [1.165, 1.54) is 0 Å². The molecule has 1 aliphatic rings. The highest BCUT2D eigenvalue weighted by Crippen LogP contribution is 2.33. The van der Waals surface area contributed by atoms with E-state index < -0.39 is 5.92 Å². The van der Waals surface area contributed by atoms with Crippen LogP contribution in [-0.4, -0.2) is 37.4 Å². The Labute approximate surface area is 154 Å². The van der Waals surface area contributed by atoms with Crippen LogP contribution in [0.5, 0.6) is 0 Å². The minimum absolute atomic E-state index is 0.00601. The first-order chi connectivity index (χ1) is 12.5. The van der Waals surface area contributed by atoms with Gasteiger partial charge in [0.15, 0.2) is 0 Å². The number of fused-ring (bicyclic) bond motifs is 1. The van der Waals surface area contributed by atoms with Gasteiger partial charge in [0.05, 0.1) is 5.92 Å². The maximum atomic E-state index is 13.2. The number of likely N-dealkylation sites (N-methyl/N-ethyl adjacent to an activating group) is 1. The van der Waals surface area contributed by atoms with Crippen LogP contribution in [0.15, 0.2) is 48.5 Å². The highest BCUT2D eigenvalue weighted by atomic mass is 16.2. The van der Waals surface area contributed by atoms with Gasteiger partial charge in [-0.1, -0.05) is 30.3 Å². The van der Waals surface area contributed by atoms with Gasteiger partial charge in [0.2, 0.25) is 11.8 Å². The summed E-state index contributed by atoms with van der Waals surface area (Å²) < 4.78 is 0. The molecule has 0 radical (unpaired) electrons. The lowest BCUT2D eigenvalue weighted by molar-refractivity contribution is -0.135. The molecular weight excluding hydrogens is 326 g/mol. The second kappa shape index (κ2) is 7.60. The van der Waals surface area contributed by atoms with Crippen molar-refractivity contribution in [3.8, 4) is 0 Å². The summed E-state index contributed by atoms with van der Waals surface area (Å²) in [4.78, 5) is 29.0. The molecule has 1 aliphatic heterocycles. The molecule has 136 valence electrons. The second-order valence-electron chi connectivity index (χ2n) is 6.81. The Kier molecular flexibility index (Phi) is 5.26. The lowest BCUT2D eigenvalue weighted by Crippen LogP contribution is -2.38. The van der Waals surface area contributed by atoms with Crippen molar-refractivity contribution in [1.82, 2.24) is 4.90 Å². The molecular formula is C21H25N3O2. The van der Waals surface area contributed by atoms with Gasteiger partial charge in [-0.05, 0) is 36.2 Å².